The zero-order valence-electron chi connectivity index (χ0n) is 12.4. The van der Waals surface area contributed by atoms with Crippen LogP contribution in [0.15, 0.2) is 0 Å². The van der Waals surface area contributed by atoms with Gasteiger partial charge in [0.15, 0.2) is 0 Å². The lowest BCUT2D eigenvalue weighted by Crippen LogP contribution is -2.49. The lowest BCUT2D eigenvalue weighted by molar-refractivity contribution is -0.164. The first-order chi connectivity index (χ1) is 9.43. The number of esters is 2. The van der Waals surface area contributed by atoms with E-state index in [2.05, 4.69) is 10.8 Å². The molecule has 1 aliphatic rings. The summed E-state index contributed by atoms with van der Waals surface area (Å²) in [5.74, 6) is 1.90. The van der Waals surface area contributed by atoms with Gasteiger partial charge in [-0.3, -0.25) is 9.59 Å². The Balaban J connectivity index is 2.81. The quantitative estimate of drug-likeness (QED) is 0.560. The molecule has 5 nitrogen and oxygen atoms in total. The number of carbonyl (C=O) groups excluding carboxylic acids is 2. The molecule has 1 fully saturated rings. The summed E-state index contributed by atoms with van der Waals surface area (Å²) in [6.07, 6.45) is 6.63. The van der Waals surface area contributed by atoms with E-state index in [1.165, 1.54) is 13.8 Å². The second-order valence-electron chi connectivity index (χ2n) is 5.25. The third kappa shape index (κ3) is 5.22. The van der Waals surface area contributed by atoms with Crippen LogP contribution in [0, 0.1) is 18.3 Å². The predicted molar refractivity (Wildman–Crippen MR) is 74.8 cm³/mol. The van der Waals surface area contributed by atoms with Crippen LogP contribution >= 0.6 is 0 Å². The number of nitrogens with zero attached hydrogens (tertiary/aromatic N) is 1. The summed E-state index contributed by atoms with van der Waals surface area (Å²) in [6.45, 7) is 4.37. The number of hydrogen-bond donors (Lipinski definition) is 0. The highest BCUT2D eigenvalue weighted by Crippen LogP contribution is 2.27. The van der Waals surface area contributed by atoms with Crippen LogP contribution in [0.2, 0.25) is 0 Å². The fourth-order valence-electron chi connectivity index (χ4n) is 2.65. The summed E-state index contributed by atoms with van der Waals surface area (Å²) in [6, 6.07) is 0. The Bertz CT molecular complexity index is 388. The van der Waals surface area contributed by atoms with E-state index in [4.69, 9.17) is 15.9 Å². The summed E-state index contributed by atoms with van der Waals surface area (Å²) < 4.78 is 10.8. The predicted octanol–water partition coefficient (Wildman–Crippen LogP) is 1.21. The van der Waals surface area contributed by atoms with Crippen LogP contribution in [0.1, 0.15) is 33.1 Å². The van der Waals surface area contributed by atoms with Gasteiger partial charge in [-0.25, -0.2) is 0 Å². The molecule has 1 aliphatic heterocycles. The minimum atomic E-state index is -0.332. The third-order valence-electron chi connectivity index (χ3n) is 3.48. The van der Waals surface area contributed by atoms with Crippen molar-refractivity contribution < 1.29 is 19.1 Å². The van der Waals surface area contributed by atoms with Crippen molar-refractivity contribution in [1.82, 2.24) is 4.90 Å². The highest BCUT2D eigenvalue weighted by molar-refractivity contribution is 5.66. The lowest BCUT2D eigenvalue weighted by Gasteiger charge is -2.39. The van der Waals surface area contributed by atoms with Gasteiger partial charge in [-0.15, -0.1) is 12.3 Å². The second kappa shape index (κ2) is 7.91. The molecule has 112 valence electrons. The van der Waals surface area contributed by atoms with E-state index in [1.807, 2.05) is 7.05 Å². The van der Waals surface area contributed by atoms with E-state index in [1.54, 1.807) is 0 Å². The standard InChI is InChI=1S/C15H23NO4/c1-5-6-7-14(19-11(2)17)13-10-16(4)9-8-15(13)20-12(3)18/h1,13-15H,6-10H2,2-4H3. The summed E-state index contributed by atoms with van der Waals surface area (Å²) in [5.41, 5.74) is 0. The van der Waals surface area contributed by atoms with Gasteiger partial charge in [0.25, 0.3) is 0 Å². The Labute approximate surface area is 120 Å². The van der Waals surface area contributed by atoms with E-state index in [-0.39, 0.29) is 30.1 Å². The molecule has 0 N–H and O–H groups in total. The maximum atomic E-state index is 11.3. The zero-order chi connectivity index (χ0) is 15.1. The first kappa shape index (κ1) is 16.5. The van der Waals surface area contributed by atoms with Crippen molar-refractivity contribution in [3.05, 3.63) is 0 Å². The van der Waals surface area contributed by atoms with Crippen LogP contribution < -0.4 is 0 Å². The number of likely N-dealkylation sites (tertiary alicyclic amines) is 1. The topological polar surface area (TPSA) is 55.8 Å². The molecular weight excluding hydrogens is 258 g/mol. The van der Waals surface area contributed by atoms with Crippen LogP contribution in [0.5, 0.6) is 0 Å². The van der Waals surface area contributed by atoms with Crippen molar-refractivity contribution in [2.75, 3.05) is 20.1 Å². The summed E-state index contributed by atoms with van der Waals surface area (Å²) >= 11 is 0. The largest absolute Gasteiger partial charge is 0.462 e. The average molecular weight is 281 g/mol. The smallest absolute Gasteiger partial charge is 0.302 e. The van der Waals surface area contributed by atoms with Crippen LogP contribution in [0.4, 0.5) is 0 Å². The molecule has 5 heteroatoms. The Kier molecular flexibility index (Phi) is 6.53. The van der Waals surface area contributed by atoms with Gasteiger partial charge < -0.3 is 14.4 Å². The van der Waals surface area contributed by atoms with Gasteiger partial charge in [-0.05, 0) is 19.9 Å². The number of rotatable bonds is 5. The van der Waals surface area contributed by atoms with Gasteiger partial charge in [0.05, 0.1) is 0 Å². The highest BCUT2D eigenvalue weighted by atomic mass is 16.6. The van der Waals surface area contributed by atoms with Crippen LogP contribution in [0.3, 0.4) is 0 Å². The van der Waals surface area contributed by atoms with Crippen LogP contribution in [0.25, 0.3) is 0 Å². The number of hydrogen-bond acceptors (Lipinski definition) is 5. The minimum absolute atomic E-state index is 0.0325. The molecule has 0 aromatic carbocycles. The molecule has 1 saturated heterocycles. The van der Waals surface area contributed by atoms with Gasteiger partial charge in [0, 0.05) is 39.3 Å². The monoisotopic (exact) mass is 281 g/mol. The van der Waals surface area contributed by atoms with Crippen molar-refractivity contribution in [3.63, 3.8) is 0 Å². The van der Waals surface area contributed by atoms with Crippen molar-refractivity contribution in [3.8, 4) is 12.3 Å². The van der Waals surface area contributed by atoms with Gasteiger partial charge in [-0.2, -0.15) is 0 Å². The molecule has 0 amide bonds. The molecule has 0 aromatic rings. The molecule has 0 radical (unpaired) electrons. The molecule has 0 aliphatic carbocycles. The van der Waals surface area contributed by atoms with E-state index in [0.717, 1.165) is 19.5 Å². The van der Waals surface area contributed by atoms with Gasteiger partial charge in [0.2, 0.25) is 0 Å². The zero-order valence-corrected chi connectivity index (χ0v) is 12.4. The molecule has 1 rings (SSSR count). The van der Waals surface area contributed by atoms with E-state index in [0.29, 0.717) is 12.8 Å². The van der Waals surface area contributed by atoms with Crippen LogP contribution in [-0.4, -0.2) is 49.2 Å². The number of piperidine rings is 1. The first-order valence-electron chi connectivity index (χ1n) is 6.90. The minimum Gasteiger partial charge on any atom is -0.462 e. The summed E-state index contributed by atoms with van der Waals surface area (Å²) in [7, 11) is 2.00. The Morgan fingerprint density at radius 2 is 2.10 bits per heavy atom. The molecule has 1 heterocycles. The molecule has 0 bridgehead atoms. The molecule has 0 aromatic heterocycles. The van der Waals surface area contributed by atoms with Gasteiger partial charge in [-0.1, -0.05) is 0 Å². The van der Waals surface area contributed by atoms with Crippen molar-refractivity contribution in [2.45, 2.75) is 45.3 Å². The summed E-state index contributed by atoms with van der Waals surface area (Å²) in [4.78, 5) is 24.6. The lowest BCUT2D eigenvalue weighted by atomic mass is 9.87. The van der Waals surface area contributed by atoms with Crippen molar-refractivity contribution in [2.24, 2.45) is 5.92 Å². The molecular formula is C15H23NO4. The fraction of sp³-hybridized carbons (Fsp3) is 0.733. The van der Waals surface area contributed by atoms with E-state index >= 15 is 0 Å². The average Bonchev–Trinajstić information content (AvgIpc) is 2.35. The summed E-state index contributed by atoms with van der Waals surface area (Å²) in [5, 5.41) is 0. The fourth-order valence-corrected chi connectivity index (χ4v) is 2.65. The highest BCUT2D eigenvalue weighted by Gasteiger charge is 2.37. The Morgan fingerprint density at radius 1 is 1.40 bits per heavy atom. The molecule has 3 atom stereocenters. The Hall–Kier alpha value is -1.54. The normalized spacial score (nSPS) is 24.5. The molecule has 0 saturated carbocycles. The first-order valence-corrected chi connectivity index (χ1v) is 6.90. The third-order valence-corrected chi connectivity index (χ3v) is 3.48. The molecule has 3 unspecified atom stereocenters. The van der Waals surface area contributed by atoms with Gasteiger partial charge >= 0.3 is 11.9 Å². The van der Waals surface area contributed by atoms with Crippen LogP contribution in [-0.2, 0) is 19.1 Å². The number of carbonyl (C=O) groups is 2. The maximum absolute atomic E-state index is 11.3. The second-order valence-corrected chi connectivity index (χ2v) is 5.25. The van der Waals surface area contributed by atoms with Crippen molar-refractivity contribution >= 4 is 11.9 Å². The maximum Gasteiger partial charge on any atom is 0.302 e. The van der Waals surface area contributed by atoms with E-state index < -0.39 is 0 Å². The van der Waals surface area contributed by atoms with Crippen molar-refractivity contribution in [1.29, 1.82) is 0 Å². The molecule has 20 heavy (non-hydrogen) atoms. The number of terminal acetylenes is 1. The SMILES string of the molecule is C#CCCC(OC(C)=O)C1CN(C)CCC1OC(C)=O. The van der Waals surface area contributed by atoms with E-state index in [9.17, 15) is 9.59 Å². The Morgan fingerprint density at radius 3 is 2.65 bits per heavy atom. The molecule has 0 spiro atoms. The number of ether oxygens (including phenoxy) is 2. The van der Waals surface area contributed by atoms with Gasteiger partial charge in [0.1, 0.15) is 12.2 Å².